The Labute approximate surface area is 203 Å². The SMILES string of the molecule is Cc1ccc2nc(C(=O)Nc3ccc4c(c3)OCCO4)nc(NC3CCCCC3N=C(N)N)c2c1. The van der Waals surface area contributed by atoms with E-state index < -0.39 is 5.91 Å². The van der Waals surface area contributed by atoms with E-state index in [1.165, 1.54) is 0 Å². The Morgan fingerprint density at radius 3 is 2.66 bits per heavy atom. The van der Waals surface area contributed by atoms with E-state index in [9.17, 15) is 4.79 Å². The van der Waals surface area contributed by atoms with E-state index in [2.05, 4.69) is 25.6 Å². The van der Waals surface area contributed by atoms with Crippen LogP contribution in [0.5, 0.6) is 11.5 Å². The van der Waals surface area contributed by atoms with Gasteiger partial charge in [-0.2, -0.15) is 0 Å². The van der Waals surface area contributed by atoms with Crippen LogP contribution in [0, 0.1) is 6.92 Å². The zero-order valence-corrected chi connectivity index (χ0v) is 19.6. The number of amides is 1. The van der Waals surface area contributed by atoms with Crippen LogP contribution in [0.25, 0.3) is 10.9 Å². The van der Waals surface area contributed by atoms with E-state index in [0.717, 1.165) is 36.6 Å². The number of rotatable bonds is 5. The molecule has 35 heavy (non-hydrogen) atoms. The lowest BCUT2D eigenvalue weighted by molar-refractivity contribution is 0.101. The van der Waals surface area contributed by atoms with Crippen LogP contribution in [0.3, 0.4) is 0 Å². The fourth-order valence-corrected chi connectivity index (χ4v) is 4.56. The number of anilines is 2. The summed E-state index contributed by atoms with van der Waals surface area (Å²) in [6, 6.07) is 11.1. The first kappa shape index (κ1) is 22.7. The Hall–Kier alpha value is -4.08. The van der Waals surface area contributed by atoms with Gasteiger partial charge in [0.15, 0.2) is 17.5 Å². The van der Waals surface area contributed by atoms with Gasteiger partial charge in [-0.05, 0) is 44.0 Å². The Kier molecular flexibility index (Phi) is 6.26. The standard InChI is InChI=1S/C25H29N7O3/c1-14-6-8-17-16(12-14)22(30-18-4-2-3-5-19(18)31-25(26)27)32-23(29-17)24(33)28-15-7-9-20-21(13-15)35-11-10-34-20/h6-9,12-13,18-19H,2-5,10-11H2,1H3,(H,28,33)(H4,26,27,31)(H,29,30,32). The minimum atomic E-state index is -0.420. The van der Waals surface area contributed by atoms with Crippen molar-refractivity contribution in [1.29, 1.82) is 0 Å². The second kappa shape index (κ2) is 9.65. The van der Waals surface area contributed by atoms with Gasteiger partial charge in [0.05, 0.1) is 17.6 Å². The van der Waals surface area contributed by atoms with E-state index in [0.29, 0.717) is 41.7 Å². The van der Waals surface area contributed by atoms with E-state index in [1.807, 2.05) is 25.1 Å². The molecule has 2 unspecified atom stereocenters. The summed E-state index contributed by atoms with van der Waals surface area (Å²) in [5, 5.41) is 7.23. The molecular formula is C25H29N7O3. The molecule has 0 radical (unpaired) electrons. The van der Waals surface area contributed by atoms with Crippen molar-refractivity contribution in [3.05, 3.63) is 47.8 Å². The molecule has 2 aliphatic rings. The number of benzene rings is 2. The zero-order valence-electron chi connectivity index (χ0n) is 19.6. The maximum Gasteiger partial charge on any atom is 0.293 e. The maximum absolute atomic E-state index is 13.2. The molecule has 3 aromatic rings. The predicted molar refractivity (Wildman–Crippen MR) is 135 cm³/mol. The van der Waals surface area contributed by atoms with Crippen LogP contribution in [0.2, 0.25) is 0 Å². The molecule has 0 spiro atoms. The molecule has 2 aromatic carbocycles. The number of aliphatic imine (C=N–C) groups is 1. The summed E-state index contributed by atoms with van der Waals surface area (Å²) in [6.07, 6.45) is 3.91. The lowest BCUT2D eigenvalue weighted by atomic mass is 9.90. The highest BCUT2D eigenvalue weighted by Crippen LogP contribution is 2.33. The average Bonchev–Trinajstić information content (AvgIpc) is 2.85. The third-order valence-corrected chi connectivity index (χ3v) is 6.22. The van der Waals surface area contributed by atoms with Gasteiger partial charge in [-0.15, -0.1) is 0 Å². The second-order valence-corrected chi connectivity index (χ2v) is 8.89. The number of hydrogen-bond acceptors (Lipinski definition) is 7. The third kappa shape index (κ3) is 5.06. The molecule has 1 aliphatic heterocycles. The Bertz CT molecular complexity index is 1290. The highest BCUT2D eigenvalue weighted by Gasteiger charge is 2.26. The number of carbonyl (C=O) groups is 1. The van der Waals surface area contributed by atoms with Gasteiger partial charge < -0.3 is 31.6 Å². The van der Waals surface area contributed by atoms with E-state index >= 15 is 0 Å². The molecule has 6 N–H and O–H groups in total. The largest absolute Gasteiger partial charge is 0.486 e. The van der Waals surface area contributed by atoms with Crippen molar-refractivity contribution < 1.29 is 14.3 Å². The van der Waals surface area contributed by atoms with Crippen LogP contribution in [0.1, 0.15) is 41.9 Å². The number of nitrogens with two attached hydrogens (primary N) is 2. The summed E-state index contributed by atoms with van der Waals surface area (Å²) < 4.78 is 11.2. The van der Waals surface area contributed by atoms with Crippen LogP contribution in [-0.4, -0.2) is 47.1 Å². The quantitative estimate of drug-likeness (QED) is 0.325. The van der Waals surface area contributed by atoms with Gasteiger partial charge in [0, 0.05) is 17.1 Å². The van der Waals surface area contributed by atoms with Crippen molar-refractivity contribution in [3.8, 4) is 11.5 Å². The monoisotopic (exact) mass is 475 g/mol. The third-order valence-electron chi connectivity index (χ3n) is 6.22. The number of fused-ring (bicyclic) bond motifs is 2. The number of ether oxygens (including phenoxy) is 2. The first-order chi connectivity index (χ1) is 17.0. The van der Waals surface area contributed by atoms with Gasteiger partial charge in [0.25, 0.3) is 5.91 Å². The smallest absolute Gasteiger partial charge is 0.293 e. The van der Waals surface area contributed by atoms with Crippen LogP contribution in [0.15, 0.2) is 41.4 Å². The van der Waals surface area contributed by atoms with Gasteiger partial charge in [-0.25, -0.2) is 15.0 Å². The van der Waals surface area contributed by atoms with Crippen LogP contribution in [0.4, 0.5) is 11.5 Å². The summed E-state index contributed by atoms with van der Waals surface area (Å²) in [7, 11) is 0. The number of aryl methyl sites for hydroxylation is 1. The van der Waals surface area contributed by atoms with Gasteiger partial charge in [-0.3, -0.25) is 4.79 Å². The van der Waals surface area contributed by atoms with Gasteiger partial charge in [-0.1, -0.05) is 24.5 Å². The summed E-state index contributed by atoms with van der Waals surface area (Å²) in [4.78, 5) is 26.7. The molecule has 1 fully saturated rings. The Morgan fingerprint density at radius 2 is 1.83 bits per heavy atom. The van der Waals surface area contributed by atoms with Crippen molar-refractivity contribution in [2.45, 2.75) is 44.7 Å². The number of hydrogen-bond donors (Lipinski definition) is 4. The van der Waals surface area contributed by atoms with Crippen molar-refractivity contribution in [2.24, 2.45) is 16.5 Å². The van der Waals surface area contributed by atoms with Gasteiger partial charge in [0.1, 0.15) is 19.0 Å². The van der Waals surface area contributed by atoms with Crippen molar-refractivity contribution in [2.75, 3.05) is 23.8 Å². The summed E-state index contributed by atoms with van der Waals surface area (Å²) >= 11 is 0. The molecule has 182 valence electrons. The van der Waals surface area contributed by atoms with Crippen molar-refractivity contribution in [3.63, 3.8) is 0 Å². The molecule has 1 amide bonds. The Morgan fingerprint density at radius 1 is 1.03 bits per heavy atom. The molecule has 2 atom stereocenters. The molecule has 10 heteroatoms. The fraction of sp³-hybridized carbons (Fsp3) is 0.360. The number of guanidine groups is 1. The lowest BCUT2D eigenvalue weighted by Crippen LogP contribution is -2.38. The highest BCUT2D eigenvalue weighted by molar-refractivity contribution is 6.04. The molecule has 1 aliphatic carbocycles. The maximum atomic E-state index is 13.2. The fourth-order valence-electron chi connectivity index (χ4n) is 4.56. The lowest BCUT2D eigenvalue weighted by Gasteiger charge is -2.30. The van der Waals surface area contributed by atoms with Crippen LogP contribution in [-0.2, 0) is 0 Å². The normalized spacial score (nSPS) is 19.1. The summed E-state index contributed by atoms with van der Waals surface area (Å²) in [5.74, 6) is 1.56. The number of aromatic nitrogens is 2. The minimum Gasteiger partial charge on any atom is -0.486 e. The predicted octanol–water partition coefficient (Wildman–Crippen LogP) is 2.96. The Balaban J connectivity index is 1.46. The summed E-state index contributed by atoms with van der Waals surface area (Å²) in [5.41, 5.74) is 13.7. The second-order valence-electron chi connectivity index (χ2n) is 8.89. The van der Waals surface area contributed by atoms with Crippen molar-refractivity contribution >= 4 is 34.3 Å². The zero-order chi connectivity index (χ0) is 24.4. The molecule has 0 bridgehead atoms. The number of nitrogens with zero attached hydrogens (tertiary/aromatic N) is 3. The number of carbonyl (C=O) groups excluding carboxylic acids is 1. The topological polar surface area (TPSA) is 150 Å². The van der Waals surface area contributed by atoms with E-state index in [4.69, 9.17) is 20.9 Å². The van der Waals surface area contributed by atoms with Crippen LogP contribution < -0.4 is 31.6 Å². The van der Waals surface area contributed by atoms with Gasteiger partial charge in [0.2, 0.25) is 5.82 Å². The number of nitrogens with one attached hydrogen (secondary N) is 2. The first-order valence-corrected chi connectivity index (χ1v) is 11.8. The molecule has 0 saturated heterocycles. The van der Waals surface area contributed by atoms with Gasteiger partial charge >= 0.3 is 0 Å². The minimum absolute atomic E-state index is 0.00170. The molecule has 1 saturated carbocycles. The first-order valence-electron chi connectivity index (χ1n) is 11.8. The summed E-state index contributed by atoms with van der Waals surface area (Å²) in [6.45, 7) is 2.98. The highest BCUT2D eigenvalue weighted by atomic mass is 16.6. The molecular weight excluding hydrogens is 446 g/mol. The van der Waals surface area contributed by atoms with Crippen molar-refractivity contribution in [1.82, 2.24) is 9.97 Å². The van der Waals surface area contributed by atoms with E-state index in [-0.39, 0.29) is 23.9 Å². The molecule has 2 heterocycles. The average molecular weight is 476 g/mol. The molecule has 1 aromatic heterocycles. The van der Waals surface area contributed by atoms with Crippen LogP contribution >= 0.6 is 0 Å². The van der Waals surface area contributed by atoms with E-state index in [1.54, 1.807) is 18.2 Å². The molecule has 10 nitrogen and oxygen atoms in total. The molecule has 5 rings (SSSR count).